The maximum Gasteiger partial charge on any atom is 0.274 e. The van der Waals surface area contributed by atoms with Gasteiger partial charge in [0.05, 0.1) is 12.6 Å². The number of methoxy groups -OCH3 is 1. The van der Waals surface area contributed by atoms with E-state index in [0.29, 0.717) is 5.69 Å². The van der Waals surface area contributed by atoms with Gasteiger partial charge in [-0.3, -0.25) is 4.79 Å². The largest absolute Gasteiger partial charge is 0.497 e. The summed E-state index contributed by atoms with van der Waals surface area (Å²) in [6.45, 7) is 0. The first-order valence-electron chi connectivity index (χ1n) is 7.18. The van der Waals surface area contributed by atoms with Crippen LogP contribution < -0.4 is 15.2 Å². The summed E-state index contributed by atoms with van der Waals surface area (Å²) >= 11 is 2.28. The van der Waals surface area contributed by atoms with Gasteiger partial charge >= 0.3 is 0 Å². The molecule has 0 amide bonds. The van der Waals surface area contributed by atoms with Gasteiger partial charge in [-0.2, -0.15) is 0 Å². The summed E-state index contributed by atoms with van der Waals surface area (Å²) < 4.78 is 8.02. The van der Waals surface area contributed by atoms with E-state index in [1.165, 1.54) is 0 Å². The van der Waals surface area contributed by atoms with E-state index in [-0.39, 0.29) is 5.56 Å². The summed E-state index contributed by atoms with van der Waals surface area (Å²) in [4.78, 5) is 14.6. The number of rotatable bonds is 3. The Morgan fingerprint density at radius 3 is 2.43 bits per heavy atom. The Hall–Kier alpha value is -2.02. The smallest absolute Gasteiger partial charge is 0.274 e. The molecule has 0 atom stereocenters. The fourth-order valence-corrected chi connectivity index (χ4v) is 3.14. The lowest BCUT2D eigenvalue weighted by molar-refractivity contribution is 0.415. The predicted octanol–water partition coefficient (Wildman–Crippen LogP) is 3.92. The molecule has 0 saturated carbocycles. The number of nitrogens with zero attached hydrogens (tertiary/aromatic N) is 2. The third-order valence-corrected chi connectivity index (χ3v) is 4.66. The highest BCUT2D eigenvalue weighted by Crippen LogP contribution is 2.26. The minimum atomic E-state index is -0.0166. The van der Waals surface area contributed by atoms with E-state index in [1.54, 1.807) is 11.7 Å². The fourth-order valence-electron chi connectivity index (χ4n) is 2.62. The summed E-state index contributed by atoms with van der Waals surface area (Å²) in [6.07, 6.45) is 0. The highest BCUT2D eigenvalue weighted by Gasteiger charge is 2.12. The fraction of sp³-hybridized carbons (Fsp3) is 0.167. The van der Waals surface area contributed by atoms with Crippen LogP contribution in [0.3, 0.4) is 0 Å². The first-order chi connectivity index (χ1) is 11.0. The molecular weight excluding hydrogens is 403 g/mol. The van der Waals surface area contributed by atoms with E-state index in [9.17, 15) is 4.79 Å². The summed E-state index contributed by atoms with van der Waals surface area (Å²) in [5, 5.41) is 1.05. The van der Waals surface area contributed by atoms with Gasteiger partial charge in [-0.15, -0.1) is 0 Å². The maximum atomic E-state index is 12.7. The molecule has 0 fully saturated rings. The molecule has 5 heteroatoms. The third-order valence-electron chi connectivity index (χ3n) is 3.99. The van der Waals surface area contributed by atoms with E-state index < -0.39 is 0 Å². The van der Waals surface area contributed by atoms with Gasteiger partial charge in [0.1, 0.15) is 11.4 Å². The van der Waals surface area contributed by atoms with Crippen molar-refractivity contribution in [2.24, 2.45) is 7.05 Å². The number of aromatic nitrogens is 1. The second kappa shape index (κ2) is 6.23. The van der Waals surface area contributed by atoms with Crippen molar-refractivity contribution in [3.05, 3.63) is 62.5 Å². The van der Waals surface area contributed by atoms with Crippen molar-refractivity contribution in [2.75, 3.05) is 19.1 Å². The molecule has 0 bridgehead atoms. The van der Waals surface area contributed by atoms with E-state index in [4.69, 9.17) is 4.74 Å². The van der Waals surface area contributed by atoms with Crippen LogP contribution in [0.2, 0.25) is 0 Å². The van der Waals surface area contributed by atoms with Crippen molar-refractivity contribution in [2.45, 2.75) is 0 Å². The molecule has 0 saturated heterocycles. The zero-order valence-corrected chi connectivity index (χ0v) is 15.4. The van der Waals surface area contributed by atoms with Crippen LogP contribution in [0.1, 0.15) is 0 Å². The molecule has 0 unspecified atom stereocenters. The molecule has 3 rings (SSSR count). The third kappa shape index (κ3) is 2.93. The van der Waals surface area contributed by atoms with Crippen molar-refractivity contribution in [1.29, 1.82) is 0 Å². The average Bonchev–Trinajstić information content (AvgIpc) is 2.57. The van der Waals surface area contributed by atoms with Crippen LogP contribution >= 0.6 is 22.6 Å². The molecule has 23 heavy (non-hydrogen) atoms. The lowest BCUT2D eigenvalue weighted by atomic mass is 10.2. The van der Waals surface area contributed by atoms with Crippen LogP contribution in [0, 0.1) is 3.57 Å². The van der Waals surface area contributed by atoms with Crippen LogP contribution in [0.5, 0.6) is 5.75 Å². The minimum absolute atomic E-state index is 0.0166. The number of hydrogen-bond acceptors (Lipinski definition) is 3. The number of pyridine rings is 1. The van der Waals surface area contributed by atoms with Gasteiger partial charge in [-0.05, 0) is 71.1 Å². The first kappa shape index (κ1) is 15.9. The summed E-state index contributed by atoms with van der Waals surface area (Å²) in [6, 6.07) is 15.7. The zero-order valence-electron chi connectivity index (χ0n) is 13.2. The topological polar surface area (TPSA) is 34.5 Å². The van der Waals surface area contributed by atoms with Gasteiger partial charge < -0.3 is 14.2 Å². The van der Waals surface area contributed by atoms with E-state index >= 15 is 0 Å². The molecule has 1 aromatic heterocycles. The molecule has 1 heterocycles. The van der Waals surface area contributed by atoms with E-state index in [2.05, 4.69) is 28.7 Å². The van der Waals surface area contributed by atoms with Crippen LogP contribution in [0.15, 0.2) is 53.3 Å². The molecule has 0 spiro atoms. The summed E-state index contributed by atoms with van der Waals surface area (Å²) in [5.41, 5.74) is 2.50. The molecule has 0 radical (unpaired) electrons. The van der Waals surface area contributed by atoms with Gasteiger partial charge in [0.15, 0.2) is 0 Å². The number of aryl methyl sites for hydroxylation is 1. The van der Waals surface area contributed by atoms with E-state index in [0.717, 1.165) is 25.9 Å². The number of ether oxygens (including phenoxy) is 1. The quantitative estimate of drug-likeness (QED) is 0.603. The molecule has 0 aliphatic rings. The lowest BCUT2D eigenvalue weighted by Crippen LogP contribution is -2.25. The molecule has 0 aliphatic carbocycles. The molecule has 4 nitrogen and oxygen atoms in total. The van der Waals surface area contributed by atoms with Gasteiger partial charge in [0, 0.05) is 28.7 Å². The minimum Gasteiger partial charge on any atom is -0.497 e. The van der Waals surface area contributed by atoms with Crippen molar-refractivity contribution in [3.8, 4) is 5.75 Å². The molecule has 0 aliphatic heterocycles. The Labute approximate surface area is 148 Å². The summed E-state index contributed by atoms with van der Waals surface area (Å²) in [5.74, 6) is 0.795. The first-order valence-corrected chi connectivity index (χ1v) is 8.26. The monoisotopic (exact) mass is 420 g/mol. The van der Waals surface area contributed by atoms with Gasteiger partial charge in [-0.25, -0.2) is 0 Å². The Morgan fingerprint density at radius 1 is 1.09 bits per heavy atom. The van der Waals surface area contributed by atoms with Crippen molar-refractivity contribution in [1.82, 2.24) is 4.57 Å². The van der Waals surface area contributed by atoms with Crippen LogP contribution in [-0.2, 0) is 7.05 Å². The molecule has 118 valence electrons. The average molecular weight is 420 g/mol. The standard InChI is InChI=1S/C18H17IN2O2/c1-20(14-5-7-15(23-3)8-6-14)17-11-12-10-13(19)4-9-16(12)21(2)18(17)22/h4-11H,1-3H3. The lowest BCUT2D eigenvalue weighted by Gasteiger charge is -2.20. The molecule has 2 aromatic carbocycles. The number of benzene rings is 2. The van der Waals surface area contributed by atoms with Crippen molar-refractivity contribution < 1.29 is 4.74 Å². The summed E-state index contributed by atoms with van der Waals surface area (Å²) in [7, 11) is 5.35. The van der Waals surface area contributed by atoms with Gasteiger partial charge in [0.2, 0.25) is 0 Å². The SMILES string of the molecule is COc1ccc(N(C)c2cc3cc(I)ccc3n(C)c2=O)cc1. The Kier molecular flexibility index (Phi) is 4.30. The predicted molar refractivity (Wildman–Crippen MR) is 103 cm³/mol. The van der Waals surface area contributed by atoms with Gasteiger partial charge in [0.25, 0.3) is 5.56 Å². The number of anilines is 2. The number of hydrogen-bond donors (Lipinski definition) is 0. The number of fused-ring (bicyclic) bond motifs is 1. The van der Waals surface area contributed by atoms with Crippen LogP contribution in [-0.4, -0.2) is 18.7 Å². The number of halogens is 1. The second-order valence-corrected chi connectivity index (χ2v) is 6.60. The van der Waals surface area contributed by atoms with Gasteiger partial charge in [-0.1, -0.05) is 0 Å². The highest BCUT2D eigenvalue weighted by atomic mass is 127. The Bertz CT molecular complexity index is 917. The molecule has 3 aromatic rings. The zero-order chi connectivity index (χ0) is 16.6. The second-order valence-electron chi connectivity index (χ2n) is 5.35. The van der Waals surface area contributed by atoms with Crippen molar-refractivity contribution in [3.63, 3.8) is 0 Å². The van der Waals surface area contributed by atoms with Crippen LogP contribution in [0.25, 0.3) is 10.9 Å². The highest BCUT2D eigenvalue weighted by molar-refractivity contribution is 14.1. The normalized spacial score (nSPS) is 10.8. The Morgan fingerprint density at radius 2 is 1.78 bits per heavy atom. The molecule has 0 N–H and O–H groups in total. The van der Waals surface area contributed by atoms with Crippen molar-refractivity contribution >= 4 is 44.9 Å². The maximum absolute atomic E-state index is 12.7. The van der Waals surface area contributed by atoms with E-state index in [1.807, 2.05) is 61.5 Å². The Balaban J connectivity index is 2.14. The van der Waals surface area contributed by atoms with Crippen LogP contribution in [0.4, 0.5) is 11.4 Å². The molecular formula is C18H17IN2O2.